The molecule has 33 heavy (non-hydrogen) atoms. The quantitative estimate of drug-likeness (QED) is 0.469. The molecule has 2 aromatic heterocycles. The van der Waals surface area contributed by atoms with Gasteiger partial charge >= 0.3 is 0 Å². The van der Waals surface area contributed by atoms with Gasteiger partial charge in [-0.25, -0.2) is 4.68 Å². The van der Waals surface area contributed by atoms with Gasteiger partial charge in [0.15, 0.2) is 5.76 Å². The Hall–Kier alpha value is -3.68. The minimum absolute atomic E-state index is 0.0664. The van der Waals surface area contributed by atoms with E-state index < -0.39 is 0 Å². The van der Waals surface area contributed by atoms with Crippen molar-refractivity contribution in [3.05, 3.63) is 96.4 Å². The number of carbonyl (C=O) groups is 1. The normalized spacial score (nSPS) is 15.3. The lowest BCUT2D eigenvalue weighted by atomic mass is 10.0. The van der Waals surface area contributed by atoms with Crippen molar-refractivity contribution in [2.75, 3.05) is 32.8 Å². The van der Waals surface area contributed by atoms with Crippen molar-refractivity contribution in [2.45, 2.75) is 6.04 Å². The third-order valence-electron chi connectivity index (χ3n) is 5.84. The first kappa shape index (κ1) is 21.2. The summed E-state index contributed by atoms with van der Waals surface area (Å²) in [6.07, 6.45) is 1.60. The van der Waals surface area contributed by atoms with Gasteiger partial charge in [0.1, 0.15) is 11.4 Å². The summed E-state index contributed by atoms with van der Waals surface area (Å²) in [6, 6.07) is 25.4. The molecule has 0 bridgehead atoms. The van der Waals surface area contributed by atoms with Gasteiger partial charge in [0.2, 0.25) is 0 Å². The van der Waals surface area contributed by atoms with Crippen LogP contribution in [0.1, 0.15) is 22.1 Å². The summed E-state index contributed by atoms with van der Waals surface area (Å²) in [4.78, 5) is 15.8. The molecule has 1 amide bonds. The summed E-state index contributed by atoms with van der Waals surface area (Å²) in [5, 5.41) is 7.81. The summed E-state index contributed by atoms with van der Waals surface area (Å²) in [7, 11) is 0. The first-order valence-corrected chi connectivity index (χ1v) is 11.1. The maximum absolute atomic E-state index is 13.4. The molecule has 0 spiro atoms. The second-order valence-electron chi connectivity index (χ2n) is 7.92. The topological polar surface area (TPSA) is 72.5 Å². The molecule has 0 saturated carbocycles. The number of ether oxygens (including phenoxy) is 1. The lowest BCUT2D eigenvalue weighted by Crippen LogP contribution is -2.44. The number of carbonyl (C=O) groups excluding carboxylic acids is 1. The average Bonchev–Trinajstić information content (AvgIpc) is 3.56. The maximum atomic E-state index is 13.4. The number of nitrogens with one attached hydrogen (secondary N) is 1. The third kappa shape index (κ3) is 4.74. The van der Waals surface area contributed by atoms with Crippen molar-refractivity contribution in [1.29, 1.82) is 0 Å². The smallest absolute Gasteiger partial charge is 0.270 e. The van der Waals surface area contributed by atoms with Crippen LogP contribution >= 0.6 is 0 Å². The van der Waals surface area contributed by atoms with Crippen LogP contribution in [0.25, 0.3) is 17.1 Å². The molecule has 0 unspecified atom stereocenters. The highest BCUT2D eigenvalue weighted by atomic mass is 16.5. The lowest BCUT2D eigenvalue weighted by Gasteiger charge is -2.34. The maximum Gasteiger partial charge on any atom is 0.270 e. The molecule has 2 aromatic carbocycles. The molecule has 0 aliphatic carbocycles. The van der Waals surface area contributed by atoms with Crippen molar-refractivity contribution in [1.82, 2.24) is 20.0 Å². The minimum atomic E-state index is -0.182. The van der Waals surface area contributed by atoms with E-state index in [4.69, 9.17) is 9.15 Å². The Morgan fingerprint density at radius 1 is 0.970 bits per heavy atom. The molecule has 1 N–H and O–H groups in total. The fraction of sp³-hybridized carbons (Fsp3) is 0.231. The number of hydrogen-bond acceptors (Lipinski definition) is 5. The molecule has 1 aliphatic heterocycles. The van der Waals surface area contributed by atoms with Gasteiger partial charge in [-0.1, -0.05) is 48.5 Å². The number of nitrogens with zero attached hydrogens (tertiary/aromatic N) is 3. The fourth-order valence-corrected chi connectivity index (χ4v) is 4.16. The van der Waals surface area contributed by atoms with Gasteiger partial charge in [0.25, 0.3) is 5.91 Å². The molecule has 5 rings (SSSR count). The Morgan fingerprint density at radius 2 is 1.70 bits per heavy atom. The van der Waals surface area contributed by atoms with E-state index in [1.54, 1.807) is 17.0 Å². The summed E-state index contributed by atoms with van der Waals surface area (Å²) < 4.78 is 12.7. The number of morpholine rings is 1. The van der Waals surface area contributed by atoms with E-state index in [0.29, 0.717) is 36.9 Å². The predicted octanol–water partition coefficient (Wildman–Crippen LogP) is 3.94. The zero-order valence-corrected chi connectivity index (χ0v) is 18.3. The van der Waals surface area contributed by atoms with Gasteiger partial charge < -0.3 is 14.5 Å². The van der Waals surface area contributed by atoms with E-state index in [-0.39, 0.29) is 11.9 Å². The summed E-state index contributed by atoms with van der Waals surface area (Å²) in [5.41, 5.74) is 3.06. The molecule has 0 radical (unpaired) electrons. The molecule has 1 fully saturated rings. The molecule has 3 heterocycles. The van der Waals surface area contributed by atoms with Gasteiger partial charge in [-0.15, -0.1) is 0 Å². The summed E-state index contributed by atoms with van der Waals surface area (Å²) >= 11 is 0. The number of para-hydroxylation sites is 1. The van der Waals surface area contributed by atoms with Crippen LogP contribution < -0.4 is 5.32 Å². The van der Waals surface area contributed by atoms with Crippen molar-refractivity contribution in [2.24, 2.45) is 0 Å². The van der Waals surface area contributed by atoms with Crippen LogP contribution in [-0.4, -0.2) is 53.4 Å². The largest absolute Gasteiger partial charge is 0.463 e. The van der Waals surface area contributed by atoms with E-state index >= 15 is 0 Å². The average molecular weight is 443 g/mol. The van der Waals surface area contributed by atoms with Gasteiger partial charge in [0.05, 0.1) is 31.2 Å². The highest BCUT2D eigenvalue weighted by molar-refractivity contribution is 5.94. The van der Waals surface area contributed by atoms with E-state index in [9.17, 15) is 4.79 Å². The highest BCUT2D eigenvalue weighted by Crippen LogP contribution is 2.24. The van der Waals surface area contributed by atoms with Crippen LogP contribution in [0.3, 0.4) is 0 Å². The molecule has 1 aliphatic rings. The Labute approximate surface area is 192 Å². The van der Waals surface area contributed by atoms with Gasteiger partial charge in [-0.2, -0.15) is 5.10 Å². The number of amides is 1. The molecule has 4 aromatic rings. The first-order valence-electron chi connectivity index (χ1n) is 11.1. The van der Waals surface area contributed by atoms with Crippen molar-refractivity contribution in [3.63, 3.8) is 0 Å². The van der Waals surface area contributed by atoms with E-state index in [1.165, 1.54) is 5.56 Å². The first-order chi connectivity index (χ1) is 16.3. The number of hydrogen-bond donors (Lipinski definition) is 1. The minimum Gasteiger partial charge on any atom is -0.463 e. The zero-order valence-electron chi connectivity index (χ0n) is 18.3. The number of furan rings is 1. The highest BCUT2D eigenvalue weighted by Gasteiger charge is 2.25. The molecule has 7 heteroatoms. The third-order valence-corrected chi connectivity index (χ3v) is 5.84. The van der Waals surface area contributed by atoms with Crippen LogP contribution in [0.15, 0.2) is 89.5 Å². The molecule has 168 valence electrons. The number of rotatable bonds is 7. The Balaban J connectivity index is 1.41. The molecular formula is C26H26N4O3. The molecule has 7 nitrogen and oxygen atoms in total. The molecule has 1 atom stereocenters. The van der Waals surface area contributed by atoms with Crippen LogP contribution in [0, 0.1) is 0 Å². The molecule has 1 saturated heterocycles. The lowest BCUT2D eigenvalue weighted by molar-refractivity contribution is 0.0162. The van der Waals surface area contributed by atoms with Crippen molar-refractivity contribution in [3.8, 4) is 17.1 Å². The Kier molecular flexibility index (Phi) is 6.32. The van der Waals surface area contributed by atoms with E-state index in [0.717, 1.165) is 18.8 Å². The second-order valence-corrected chi connectivity index (χ2v) is 7.92. The standard InChI is InChI=1S/C26H26N4O3/c31-26(27-19-24(20-8-3-1-4-9-20)29-13-16-32-17-14-29)23-18-22(25-12-7-15-33-25)28-30(23)21-10-5-2-6-11-21/h1-12,15,18,24H,13-14,16-17,19H2,(H,27,31)/t24-/m0/s1. The fourth-order valence-electron chi connectivity index (χ4n) is 4.16. The van der Waals surface area contributed by atoms with Gasteiger partial charge in [0, 0.05) is 25.7 Å². The van der Waals surface area contributed by atoms with Crippen molar-refractivity contribution >= 4 is 5.91 Å². The zero-order chi connectivity index (χ0) is 22.5. The second kappa shape index (κ2) is 9.85. The monoisotopic (exact) mass is 442 g/mol. The van der Waals surface area contributed by atoms with Crippen molar-refractivity contribution < 1.29 is 13.9 Å². The predicted molar refractivity (Wildman–Crippen MR) is 125 cm³/mol. The van der Waals surface area contributed by atoms with Crippen LogP contribution in [0.4, 0.5) is 0 Å². The van der Waals surface area contributed by atoms with E-state index in [2.05, 4.69) is 27.4 Å². The number of benzene rings is 2. The van der Waals surface area contributed by atoms with Crippen LogP contribution in [0.2, 0.25) is 0 Å². The number of aromatic nitrogens is 2. The summed E-state index contributed by atoms with van der Waals surface area (Å²) in [6.45, 7) is 3.55. The Morgan fingerprint density at radius 3 is 2.39 bits per heavy atom. The molecular weight excluding hydrogens is 416 g/mol. The van der Waals surface area contributed by atoms with Gasteiger partial charge in [-0.05, 0) is 29.8 Å². The summed E-state index contributed by atoms with van der Waals surface area (Å²) in [5.74, 6) is 0.438. The van der Waals surface area contributed by atoms with Gasteiger partial charge in [-0.3, -0.25) is 9.69 Å². The SMILES string of the molecule is O=C(NC[C@@H](c1ccccc1)N1CCOCC1)c1cc(-c2ccco2)nn1-c1ccccc1. The Bertz CT molecular complexity index is 1170. The van der Waals surface area contributed by atoms with E-state index in [1.807, 2.05) is 60.7 Å². The van der Waals surface area contributed by atoms with Crippen LogP contribution in [0.5, 0.6) is 0 Å². The van der Waals surface area contributed by atoms with Crippen LogP contribution in [-0.2, 0) is 4.74 Å².